The molecule has 0 heterocycles. The van der Waals surface area contributed by atoms with E-state index in [1.807, 2.05) is 6.92 Å². The summed E-state index contributed by atoms with van der Waals surface area (Å²) in [6, 6.07) is 0. The van der Waals surface area contributed by atoms with Crippen LogP contribution in [0.2, 0.25) is 0 Å². The molecule has 1 N–H and O–H groups in total. The summed E-state index contributed by atoms with van der Waals surface area (Å²) >= 11 is 0. The van der Waals surface area contributed by atoms with Crippen molar-refractivity contribution in [2.45, 2.75) is 71.3 Å². The highest BCUT2D eigenvalue weighted by molar-refractivity contribution is 4.91. The Morgan fingerprint density at radius 1 is 1.20 bits per heavy atom. The molecule has 1 fully saturated rings. The number of halogens is 3. The molecule has 1 aliphatic carbocycles. The summed E-state index contributed by atoms with van der Waals surface area (Å²) in [6.07, 6.45) is -2.65. The van der Waals surface area contributed by atoms with Crippen LogP contribution in [0.5, 0.6) is 0 Å². The van der Waals surface area contributed by atoms with Gasteiger partial charge in [-0.15, -0.1) is 0 Å². The second kappa shape index (κ2) is 7.12. The lowest BCUT2D eigenvalue weighted by molar-refractivity contribution is -0.253. The van der Waals surface area contributed by atoms with Crippen molar-refractivity contribution < 1.29 is 17.9 Å². The Bertz CT molecular complexity index is 283. The average Bonchev–Trinajstić information content (AvgIpc) is 2.36. The lowest BCUT2D eigenvalue weighted by Crippen LogP contribution is -2.50. The molecule has 0 aromatic carbocycles. The van der Waals surface area contributed by atoms with E-state index >= 15 is 0 Å². The molecule has 1 unspecified atom stereocenters. The highest BCUT2D eigenvalue weighted by atomic mass is 19.4. The van der Waals surface area contributed by atoms with Crippen LogP contribution in [0.25, 0.3) is 0 Å². The number of ether oxygens (including phenoxy) is 1. The Morgan fingerprint density at radius 2 is 1.75 bits per heavy atom. The maximum Gasteiger partial charge on any atom is 0.414 e. The van der Waals surface area contributed by atoms with Gasteiger partial charge in [0.25, 0.3) is 0 Å². The van der Waals surface area contributed by atoms with Gasteiger partial charge in [0.2, 0.25) is 0 Å². The minimum Gasteiger partial charge on any atom is -0.361 e. The van der Waals surface area contributed by atoms with Crippen LogP contribution in [0.1, 0.15) is 53.4 Å². The fourth-order valence-corrected chi connectivity index (χ4v) is 2.96. The van der Waals surface area contributed by atoms with Gasteiger partial charge in [-0.1, -0.05) is 20.8 Å². The van der Waals surface area contributed by atoms with Crippen molar-refractivity contribution in [2.75, 3.05) is 13.1 Å². The summed E-state index contributed by atoms with van der Waals surface area (Å²) in [5.74, 6) is 1.20. The van der Waals surface area contributed by atoms with Gasteiger partial charge < -0.3 is 10.1 Å². The van der Waals surface area contributed by atoms with Crippen LogP contribution in [0.3, 0.4) is 0 Å². The Morgan fingerprint density at radius 3 is 2.15 bits per heavy atom. The van der Waals surface area contributed by atoms with E-state index in [9.17, 15) is 13.2 Å². The molecule has 1 rings (SSSR count). The Balaban J connectivity index is 2.69. The lowest BCUT2D eigenvalue weighted by Gasteiger charge is -2.43. The van der Waals surface area contributed by atoms with Gasteiger partial charge in [0.1, 0.15) is 0 Å². The standard InChI is InChI=1S/C15H28F3NO/c1-5-19-10-14(20-12(4)15(16,17)18)8-6-13(7-9-14)11(2)3/h11-13,19H,5-10H2,1-4H3. The van der Waals surface area contributed by atoms with E-state index in [0.717, 1.165) is 26.3 Å². The van der Waals surface area contributed by atoms with Crippen LogP contribution in [-0.4, -0.2) is 31.0 Å². The molecule has 1 saturated carbocycles. The second-order valence-corrected chi connectivity index (χ2v) is 6.35. The predicted molar refractivity (Wildman–Crippen MR) is 74.7 cm³/mol. The summed E-state index contributed by atoms with van der Waals surface area (Å²) < 4.78 is 43.8. The van der Waals surface area contributed by atoms with Crippen molar-refractivity contribution in [3.63, 3.8) is 0 Å². The molecule has 0 amide bonds. The van der Waals surface area contributed by atoms with Gasteiger partial charge in [0.15, 0.2) is 6.10 Å². The topological polar surface area (TPSA) is 21.3 Å². The van der Waals surface area contributed by atoms with Crippen molar-refractivity contribution in [1.82, 2.24) is 5.32 Å². The van der Waals surface area contributed by atoms with Crippen molar-refractivity contribution in [2.24, 2.45) is 11.8 Å². The van der Waals surface area contributed by atoms with Gasteiger partial charge in [-0.25, -0.2) is 0 Å². The zero-order valence-corrected chi connectivity index (χ0v) is 13.0. The van der Waals surface area contributed by atoms with Crippen LogP contribution in [0.4, 0.5) is 13.2 Å². The molecule has 0 aromatic heterocycles. The van der Waals surface area contributed by atoms with E-state index in [0.29, 0.717) is 31.2 Å². The summed E-state index contributed by atoms with van der Waals surface area (Å²) in [7, 11) is 0. The van der Waals surface area contributed by atoms with Gasteiger partial charge in [0, 0.05) is 6.54 Å². The van der Waals surface area contributed by atoms with Crippen molar-refractivity contribution in [3.05, 3.63) is 0 Å². The highest BCUT2D eigenvalue weighted by Crippen LogP contribution is 2.40. The van der Waals surface area contributed by atoms with Gasteiger partial charge in [-0.3, -0.25) is 0 Å². The van der Waals surface area contributed by atoms with E-state index in [1.165, 1.54) is 0 Å². The number of alkyl halides is 3. The van der Waals surface area contributed by atoms with Crippen molar-refractivity contribution in [1.29, 1.82) is 0 Å². The van der Waals surface area contributed by atoms with Crippen LogP contribution >= 0.6 is 0 Å². The fraction of sp³-hybridized carbons (Fsp3) is 1.00. The summed E-state index contributed by atoms with van der Waals surface area (Å²) in [4.78, 5) is 0. The largest absolute Gasteiger partial charge is 0.414 e. The van der Waals surface area contributed by atoms with E-state index in [-0.39, 0.29) is 0 Å². The van der Waals surface area contributed by atoms with Gasteiger partial charge in [-0.2, -0.15) is 13.2 Å². The number of nitrogens with one attached hydrogen (secondary N) is 1. The molecule has 0 bridgehead atoms. The molecule has 0 radical (unpaired) electrons. The summed E-state index contributed by atoms with van der Waals surface area (Å²) in [6.45, 7) is 8.69. The minimum atomic E-state index is -4.28. The van der Waals surface area contributed by atoms with E-state index in [2.05, 4.69) is 19.2 Å². The number of likely N-dealkylation sites (N-methyl/N-ethyl adjacent to an activating group) is 1. The summed E-state index contributed by atoms with van der Waals surface area (Å²) in [5.41, 5.74) is -0.656. The van der Waals surface area contributed by atoms with Gasteiger partial charge in [-0.05, 0) is 51.0 Å². The lowest BCUT2D eigenvalue weighted by atomic mass is 9.74. The smallest absolute Gasteiger partial charge is 0.361 e. The van der Waals surface area contributed by atoms with Crippen LogP contribution in [-0.2, 0) is 4.74 Å². The minimum absolute atomic E-state index is 0.509. The molecular formula is C15H28F3NO. The molecular weight excluding hydrogens is 267 g/mol. The predicted octanol–water partition coefficient (Wildman–Crippen LogP) is 4.15. The first kappa shape index (κ1) is 17.8. The quantitative estimate of drug-likeness (QED) is 0.795. The van der Waals surface area contributed by atoms with Crippen LogP contribution in [0.15, 0.2) is 0 Å². The first-order valence-electron chi connectivity index (χ1n) is 7.65. The third-order valence-electron chi connectivity index (χ3n) is 4.47. The molecule has 2 nitrogen and oxygen atoms in total. The first-order chi connectivity index (χ1) is 9.20. The SMILES string of the molecule is CCNCC1(OC(C)C(F)(F)F)CCC(C(C)C)CC1. The van der Waals surface area contributed by atoms with Gasteiger partial charge >= 0.3 is 6.18 Å². The molecule has 0 aliphatic heterocycles. The van der Waals surface area contributed by atoms with Gasteiger partial charge in [0.05, 0.1) is 5.60 Å². The molecule has 5 heteroatoms. The zero-order chi connectivity index (χ0) is 15.4. The fourth-order valence-electron chi connectivity index (χ4n) is 2.96. The molecule has 1 aliphatic rings. The molecule has 1 atom stereocenters. The average molecular weight is 295 g/mol. The van der Waals surface area contributed by atoms with E-state index < -0.39 is 17.9 Å². The normalized spacial score (nSPS) is 29.7. The monoisotopic (exact) mass is 295 g/mol. The molecule has 20 heavy (non-hydrogen) atoms. The molecule has 120 valence electrons. The Labute approximate surface area is 120 Å². The second-order valence-electron chi connectivity index (χ2n) is 6.35. The zero-order valence-electron chi connectivity index (χ0n) is 13.0. The first-order valence-corrected chi connectivity index (χ1v) is 7.65. The van der Waals surface area contributed by atoms with Crippen LogP contribution < -0.4 is 5.32 Å². The Hall–Kier alpha value is -0.290. The molecule has 0 aromatic rings. The molecule has 0 saturated heterocycles. The third-order valence-corrected chi connectivity index (χ3v) is 4.47. The number of hydrogen-bond acceptors (Lipinski definition) is 2. The van der Waals surface area contributed by atoms with Crippen molar-refractivity contribution >= 4 is 0 Å². The number of hydrogen-bond donors (Lipinski definition) is 1. The summed E-state index contributed by atoms with van der Waals surface area (Å²) in [5, 5.41) is 3.17. The number of rotatable bonds is 6. The maximum absolute atomic E-state index is 12.8. The maximum atomic E-state index is 12.8. The van der Waals surface area contributed by atoms with E-state index in [4.69, 9.17) is 4.74 Å². The third kappa shape index (κ3) is 4.92. The highest BCUT2D eigenvalue weighted by Gasteiger charge is 2.45. The van der Waals surface area contributed by atoms with E-state index in [1.54, 1.807) is 0 Å². The molecule has 0 spiro atoms. The van der Waals surface area contributed by atoms with Crippen molar-refractivity contribution in [3.8, 4) is 0 Å². The van der Waals surface area contributed by atoms with Crippen LogP contribution in [0, 0.1) is 11.8 Å². The Kier molecular flexibility index (Phi) is 6.32.